The van der Waals surface area contributed by atoms with Crippen LogP contribution < -0.4 is 5.32 Å². The predicted octanol–water partition coefficient (Wildman–Crippen LogP) is 0.989. The SMILES string of the molecule is CCOCCS(=O)(=O)N(C)C1CC2CCC(C1)N2.Cl. The smallest absolute Gasteiger partial charge is 0.216 e. The number of halogens is 1. The van der Waals surface area contributed by atoms with E-state index in [2.05, 4.69) is 5.32 Å². The zero-order valence-corrected chi connectivity index (χ0v) is 13.3. The minimum absolute atomic E-state index is 0. The van der Waals surface area contributed by atoms with Crippen molar-refractivity contribution in [2.75, 3.05) is 26.0 Å². The Balaban J connectivity index is 0.00000180. The third-order valence-electron chi connectivity index (χ3n) is 4.09. The summed E-state index contributed by atoms with van der Waals surface area (Å²) >= 11 is 0. The van der Waals surface area contributed by atoms with Crippen LogP contribution in [0.5, 0.6) is 0 Å². The molecule has 0 aromatic carbocycles. The Kier molecular flexibility index (Phi) is 6.53. The van der Waals surface area contributed by atoms with Gasteiger partial charge in [0.05, 0.1) is 12.4 Å². The summed E-state index contributed by atoms with van der Waals surface area (Å²) in [6, 6.07) is 1.19. The molecule has 0 spiro atoms. The lowest BCUT2D eigenvalue weighted by molar-refractivity contribution is 0.161. The Morgan fingerprint density at radius 3 is 2.37 bits per heavy atom. The summed E-state index contributed by atoms with van der Waals surface area (Å²) < 4.78 is 31.1. The van der Waals surface area contributed by atoms with E-state index in [-0.39, 0.29) is 24.2 Å². The summed E-state index contributed by atoms with van der Waals surface area (Å²) in [5.74, 6) is 0.0939. The van der Waals surface area contributed by atoms with E-state index in [0.717, 1.165) is 12.8 Å². The van der Waals surface area contributed by atoms with Gasteiger partial charge in [-0.3, -0.25) is 0 Å². The van der Waals surface area contributed by atoms with Crippen molar-refractivity contribution in [2.24, 2.45) is 0 Å². The summed E-state index contributed by atoms with van der Waals surface area (Å²) in [4.78, 5) is 0. The normalized spacial score (nSPS) is 30.4. The number of sulfonamides is 1. The van der Waals surface area contributed by atoms with Gasteiger partial charge >= 0.3 is 0 Å². The molecule has 2 atom stereocenters. The number of hydrogen-bond donors (Lipinski definition) is 1. The van der Waals surface area contributed by atoms with Gasteiger partial charge < -0.3 is 10.1 Å². The molecular formula is C12H25ClN2O3S. The van der Waals surface area contributed by atoms with Crippen molar-refractivity contribution < 1.29 is 13.2 Å². The second-order valence-corrected chi connectivity index (χ2v) is 7.44. The molecule has 0 aromatic heterocycles. The summed E-state index contributed by atoms with van der Waals surface area (Å²) in [6.07, 6.45) is 4.27. The van der Waals surface area contributed by atoms with Crippen LogP contribution in [0, 0.1) is 0 Å². The minimum atomic E-state index is -3.17. The first-order chi connectivity index (χ1) is 8.53. The average molecular weight is 313 g/mol. The summed E-state index contributed by atoms with van der Waals surface area (Å²) in [5.41, 5.74) is 0. The molecule has 1 N–H and O–H groups in total. The van der Waals surface area contributed by atoms with Crippen molar-refractivity contribution in [3.63, 3.8) is 0 Å². The van der Waals surface area contributed by atoms with E-state index in [9.17, 15) is 8.42 Å². The molecule has 2 heterocycles. The van der Waals surface area contributed by atoms with Gasteiger partial charge in [-0.05, 0) is 32.6 Å². The van der Waals surface area contributed by atoms with E-state index >= 15 is 0 Å². The van der Waals surface area contributed by atoms with Crippen LogP contribution >= 0.6 is 12.4 Å². The third kappa shape index (κ3) is 4.29. The fraction of sp³-hybridized carbons (Fsp3) is 1.00. The fourth-order valence-corrected chi connectivity index (χ4v) is 4.25. The number of ether oxygens (including phenoxy) is 1. The van der Waals surface area contributed by atoms with Crippen molar-refractivity contribution in [1.29, 1.82) is 0 Å². The van der Waals surface area contributed by atoms with Gasteiger partial charge in [0, 0.05) is 31.8 Å². The standard InChI is InChI=1S/C12H24N2O3S.ClH/c1-3-17-6-7-18(15,16)14(2)12-8-10-4-5-11(9-12)13-10;/h10-13H,3-9H2,1-2H3;1H. The lowest BCUT2D eigenvalue weighted by Crippen LogP contribution is -2.49. The molecule has 2 rings (SSSR count). The Bertz CT molecular complexity index is 365. The maximum Gasteiger partial charge on any atom is 0.216 e. The fourth-order valence-electron chi connectivity index (χ4n) is 3.00. The number of hydrogen-bond acceptors (Lipinski definition) is 4. The van der Waals surface area contributed by atoms with E-state index in [1.165, 1.54) is 12.8 Å². The second kappa shape index (κ2) is 7.22. The number of fused-ring (bicyclic) bond motifs is 2. The molecule has 19 heavy (non-hydrogen) atoms. The Labute approximate surface area is 122 Å². The van der Waals surface area contributed by atoms with Gasteiger partial charge in [-0.1, -0.05) is 0 Å². The summed E-state index contributed by atoms with van der Waals surface area (Å²) in [7, 11) is -1.45. The number of rotatable bonds is 6. The highest BCUT2D eigenvalue weighted by Gasteiger charge is 2.38. The molecule has 0 aromatic rings. The summed E-state index contributed by atoms with van der Waals surface area (Å²) in [6.45, 7) is 2.73. The number of piperidine rings is 1. The minimum Gasteiger partial charge on any atom is -0.381 e. The van der Waals surface area contributed by atoms with Gasteiger partial charge in [0.1, 0.15) is 0 Å². The quantitative estimate of drug-likeness (QED) is 0.743. The van der Waals surface area contributed by atoms with Crippen LogP contribution in [0.4, 0.5) is 0 Å². The lowest BCUT2D eigenvalue weighted by Gasteiger charge is -2.34. The molecule has 0 amide bonds. The molecule has 0 radical (unpaired) electrons. The highest BCUT2D eigenvalue weighted by molar-refractivity contribution is 7.89. The molecule has 2 bridgehead atoms. The first kappa shape index (κ1) is 17.2. The molecule has 2 aliphatic heterocycles. The van der Waals surface area contributed by atoms with E-state index in [1.54, 1.807) is 11.4 Å². The van der Waals surface area contributed by atoms with Gasteiger partial charge in [0.15, 0.2) is 0 Å². The summed E-state index contributed by atoms with van der Waals surface area (Å²) in [5, 5.41) is 3.53. The second-order valence-electron chi connectivity index (χ2n) is 5.29. The highest BCUT2D eigenvalue weighted by Crippen LogP contribution is 2.30. The number of nitrogens with one attached hydrogen (secondary N) is 1. The van der Waals surface area contributed by atoms with E-state index in [4.69, 9.17) is 4.74 Å². The predicted molar refractivity (Wildman–Crippen MR) is 78.3 cm³/mol. The van der Waals surface area contributed by atoms with Crippen LogP contribution in [0.3, 0.4) is 0 Å². The molecule has 2 aliphatic rings. The molecule has 0 aliphatic carbocycles. The van der Waals surface area contributed by atoms with Crippen LogP contribution in [0.1, 0.15) is 32.6 Å². The van der Waals surface area contributed by atoms with Crippen molar-refractivity contribution in [3.8, 4) is 0 Å². The van der Waals surface area contributed by atoms with Crippen molar-refractivity contribution in [2.45, 2.75) is 50.7 Å². The topological polar surface area (TPSA) is 58.6 Å². The molecule has 5 nitrogen and oxygen atoms in total. The van der Waals surface area contributed by atoms with Crippen LogP contribution in [0.15, 0.2) is 0 Å². The molecule has 7 heteroatoms. The van der Waals surface area contributed by atoms with Crippen LogP contribution in [-0.4, -0.2) is 56.9 Å². The van der Waals surface area contributed by atoms with E-state index in [1.807, 2.05) is 6.92 Å². The lowest BCUT2D eigenvalue weighted by atomic mass is 10.0. The Morgan fingerprint density at radius 1 is 1.26 bits per heavy atom. The van der Waals surface area contributed by atoms with Gasteiger partial charge in [0.2, 0.25) is 10.0 Å². The monoisotopic (exact) mass is 312 g/mol. The largest absolute Gasteiger partial charge is 0.381 e. The van der Waals surface area contributed by atoms with Gasteiger partial charge in [-0.2, -0.15) is 0 Å². The number of nitrogens with zero attached hydrogens (tertiary/aromatic N) is 1. The zero-order valence-electron chi connectivity index (χ0n) is 11.7. The molecule has 2 fully saturated rings. The van der Waals surface area contributed by atoms with E-state index in [0.29, 0.717) is 25.3 Å². The Morgan fingerprint density at radius 2 is 1.84 bits per heavy atom. The maximum atomic E-state index is 12.2. The maximum absolute atomic E-state index is 12.2. The average Bonchev–Trinajstić information content (AvgIpc) is 2.67. The van der Waals surface area contributed by atoms with E-state index < -0.39 is 10.0 Å². The third-order valence-corrected chi connectivity index (χ3v) is 5.95. The zero-order chi connectivity index (χ0) is 13.2. The molecule has 2 saturated heterocycles. The van der Waals surface area contributed by atoms with Crippen molar-refractivity contribution in [3.05, 3.63) is 0 Å². The van der Waals surface area contributed by atoms with Crippen LogP contribution in [0.2, 0.25) is 0 Å². The van der Waals surface area contributed by atoms with Crippen molar-refractivity contribution in [1.82, 2.24) is 9.62 Å². The van der Waals surface area contributed by atoms with Gasteiger partial charge in [-0.25, -0.2) is 12.7 Å². The molecular weight excluding hydrogens is 288 g/mol. The van der Waals surface area contributed by atoms with Crippen molar-refractivity contribution >= 4 is 22.4 Å². The first-order valence-electron chi connectivity index (χ1n) is 6.82. The molecule has 2 unspecified atom stereocenters. The highest BCUT2D eigenvalue weighted by atomic mass is 35.5. The Hall–Kier alpha value is 0.120. The van der Waals surface area contributed by atoms with Gasteiger partial charge in [0.25, 0.3) is 0 Å². The molecule has 0 saturated carbocycles. The first-order valence-corrected chi connectivity index (χ1v) is 8.43. The van der Waals surface area contributed by atoms with Crippen LogP contribution in [-0.2, 0) is 14.8 Å². The molecule has 114 valence electrons. The van der Waals surface area contributed by atoms with Crippen LogP contribution in [0.25, 0.3) is 0 Å². The van der Waals surface area contributed by atoms with Gasteiger partial charge in [-0.15, -0.1) is 12.4 Å².